The fourth-order valence-electron chi connectivity index (χ4n) is 5.99. The van der Waals surface area contributed by atoms with E-state index in [1.165, 1.54) is 40.9 Å². The van der Waals surface area contributed by atoms with E-state index >= 15 is 0 Å². The number of rotatable bonds is 10. The van der Waals surface area contributed by atoms with Crippen LogP contribution in [0.2, 0.25) is 0 Å². The van der Waals surface area contributed by atoms with Gasteiger partial charge in [0, 0.05) is 41.9 Å². The summed E-state index contributed by atoms with van der Waals surface area (Å²) >= 11 is 0. The van der Waals surface area contributed by atoms with E-state index in [4.69, 9.17) is 4.42 Å². The Morgan fingerprint density at radius 3 is 2.56 bits per heavy atom. The van der Waals surface area contributed by atoms with Gasteiger partial charge in [-0.1, -0.05) is 60.7 Å². The highest BCUT2D eigenvalue weighted by Crippen LogP contribution is 2.38. The third-order valence-corrected chi connectivity index (χ3v) is 10.1. The number of sulfonamides is 1. The van der Waals surface area contributed by atoms with E-state index in [0.29, 0.717) is 23.1 Å². The van der Waals surface area contributed by atoms with E-state index in [1.54, 1.807) is 19.1 Å². The second kappa shape index (κ2) is 12.1. The molecule has 0 radical (unpaired) electrons. The third kappa shape index (κ3) is 5.74. The fourth-order valence-corrected chi connectivity index (χ4v) is 7.58. The standard InChI is InChI=1S/C34H31N3O7S/c1-23(34(38)39)29-22-44-31-19-27(16-17-28(29)31)36(45(42,43)32-15-6-5-14-30(32)37(40)41)21-26-12-7-11-25-13-8-18-35(33(25)26)20-24-9-3-2-4-10-24/h2-7,9-12,14-17,19,22-23H,8,13,18,20-21H2,1H3,(H,38,39). The maximum absolute atomic E-state index is 14.4. The van der Waals surface area contributed by atoms with Crippen molar-refractivity contribution in [2.75, 3.05) is 15.7 Å². The molecule has 230 valence electrons. The number of carboxylic acids is 1. The number of para-hydroxylation sites is 2. The summed E-state index contributed by atoms with van der Waals surface area (Å²) in [5.41, 5.74) is 4.40. The zero-order valence-corrected chi connectivity index (χ0v) is 25.3. The number of hydrogen-bond donors (Lipinski definition) is 1. The Kier molecular flexibility index (Phi) is 8.03. The number of furan rings is 1. The van der Waals surface area contributed by atoms with Gasteiger partial charge in [-0.15, -0.1) is 0 Å². The number of aliphatic carboxylic acids is 1. The molecule has 45 heavy (non-hydrogen) atoms. The van der Waals surface area contributed by atoms with E-state index in [1.807, 2.05) is 30.3 Å². The zero-order chi connectivity index (χ0) is 31.7. The molecule has 0 bridgehead atoms. The lowest BCUT2D eigenvalue weighted by Gasteiger charge is -2.35. The number of anilines is 2. The van der Waals surface area contributed by atoms with Gasteiger partial charge in [0.05, 0.1) is 29.3 Å². The lowest BCUT2D eigenvalue weighted by atomic mass is 9.96. The molecule has 1 aliphatic heterocycles. The van der Waals surface area contributed by atoms with Gasteiger partial charge in [0.25, 0.3) is 15.7 Å². The summed E-state index contributed by atoms with van der Waals surface area (Å²) in [6, 6.07) is 25.9. The van der Waals surface area contributed by atoms with Crippen LogP contribution in [0.4, 0.5) is 17.1 Å². The summed E-state index contributed by atoms with van der Waals surface area (Å²) in [5.74, 6) is -1.85. The van der Waals surface area contributed by atoms with Crippen LogP contribution >= 0.6 is 0 Å². The Labute approximate surface area is 260 Å². The molecule has 0 fully saturated rings. The van der Waals surface area contributed by atoms with Gasteiger partial charge in [-0.05, 0) is 54.7 Å². The van der Waals surface area contributed by atoms with Crippen LogP contribution in [0, 0.1) is 10.1 Å². The number of carboxylic acid groups (broad SMARTS) is 1. The van der Waals surface area contributed by atoms with Crippen LogP contribution in [-0.4, -0.2) is 31.0 Å². The number of fused-ring (bicyclic) bond motifs is 2. The summed E-state index contributed by atoms with van der Waals surface area (Å²) in [7, 11) is -4.49. The van der Waals surface area contributed by atoms with Crippen molar-refractivity contribution in [1.82, 2.24) is 0 Å². The van der Waals surface area contributed by atoms with E-state index in [0.717, 1.165) is 41.8 Å². The first-order valence-electron chi connectivity index (χ1n) is 14.5. The third-order valence-electron chi connectivity index (χ3n) is 8.27. The van der Waals surface area contributed by atoms with Gasteiger partial charge < -0.3 is 14.4 Å². The molecule has 0 amide bonds. The molecule has 6 rings (SSSR count). The average molecular weight is 626 g/mol. The topological polar surface area (TPSA) is 134 Å². The van der Waals surface area contributed by atoms with Crippen molar-refractivity contribution in [2.24, 2.45) is 0 Å². The fraction of sp³-hybridized carbons (Fsp3) is 0.206. The molecule has 1 unspecified atom stereocenters. The van der Waals surface area contributed by atoms with Crippen molar-refractivity contribution < 1.29 is 27.7 Å². The Hall–Kier alpha value is -5.16. The molecule has 1 atom stereocenters. The van der Waals surface area contributed by atoms with Crippen LogP contribution in [0.1, 0.15) is 41.5 Å². The van der Waals surface area contributed by atoms with Crippen molar-refractivity contribution in [3.63, 3.8) is 0 Å². The lowest BCUT2D eigenvalue weighted by molar-refractivity contribution is -0.387. The minimum atomic E-state index is -4.49. The molecule has 4 aromatic carbocycles. The van der Waals surface area contributed by atoms with Gasteiger partial charge in [0.1, 0.15) is 5.58 Å². The van der Waals surface area contributed by atoms with Gasteiger partial charge in [-0.2, -0.15) is 0 Å². The van der Waals surface area contributed by atoms with Crippen LogP contribution in [0.25, 0.3) is 11.0 Å². The second-order valence-electron chi connectivity index (χ2n) is 11.1. The molecule has 1 N–H and O–H groups in total. The lowest BCUT2D eigenvalue weighted by Crippen LogP contribution is -2.34. The van der Waals surface area contributed by atoms with Crippen molar-refractivity contribution >= 4 is 44.0 Å². The number of nitrogens with zero attached hydrogens (tertiary/aromatic N) is 3. The maximum atomic E-state index is 14.4. The predicted octanol–water partition coefficient (Wildman–Crippen LogP) is 6.88. The first-order chi connectivity index (χ1) is 21.6. The Morgan fingerprint density at radius 2 is 1.80 bits per heavy atom. The van der Waals surface area contributed by atoms with Crippen LogP contribution in [-0.2, 0) is 34.3 Å². The van der Waals surface area contributed by atoms with Gasteiger partial charge in [0.15, 0.2) is 4.90 Å². The second-order valence-corrected chi connectivity index (χ2v) is 12.9. The average Bonchev–Trinajstić information content (AvgIpc) is 3.47. The first kappa shape index (κ1) is 29.9. The van der Waals surface area contributed by atoms with E-state index < -0.39 is 37.4 Å². The molecule has 0 saturated carbocycles. The Balaban J connectivity index is 1.49. The number of aryl methyl sites for hydroxylation is 1. The van der Waals surface area contributed by atoms with Crippen LogP contribution in [0.15, 0.2) is 107 Å². The van der Waals surface area contributed by atoms with Gasteiger partial charge in [-0.25, -0.2) is 8.42 Å². The number of carbonyl (C=O) groups is 1. The molecule has 0 saturated heterocycles. The van der Waals surface area contributed by atoms with Crippen molar-refractivity contribution in [3.05, 3.63) is 130 Å². The molecule has 10 nitrogen and oxygen atoms in total. The molecular formula is C34H31N3O7S. The molecule has 0 spiro atoms. The summed E-state index contributed by atoms with van der Waals surface area (Å²) in [6.45, 7) is 2.88. The highest BCUT2D eigenvalue weighted by molar-refractivity contribution is 7.93. The maximum Gasteiger partial charge on any atom is 0.310 e. The van der Waals surface area contributed by atoms with E-state index in [9.17, 15) is 28.4 Å². The highest BCUT2D eigenvalue weighted by atomic mass is 32.2. The number of hydrogen-bond acceptors (Lipinski definition) is 7. The minimum absolute atomic E-state index is 0.104. The SMILES string of the molecule is CC(C(=O)O)c1coc2cc(N(Cc3cccc4c3N(Cc3ccccc3)CCC4)S(=O)(=O)c3ccccc3[N+](=O)[O-])ccc12. The van der Waals surface area contributed by atoms with Crippen molar-refractivity contribution in [3.8, 4) is 0 Å². The van der Waals surface area contributed by atoms with Crippen molar-refractivity contribution in [2.45, 2.75) is 43.7 Å². The van der Waals surface area contributed by atoms with E-state index in [2.05, 4.69) is 23.1 Å². The van der Waals surface area contributed by atoms with Crippen LogP contribution in [0.5, 0.6) is 0 Å². The molecule has 0 aliphatic carbocycles. The number of nitro groups is 1. The number of benzene rings is 4. The zero-order valence-electron chi connectivity index (χ0n) is 24.5. The quantitative estimate of drug-likeness (QED) is 0.131. The molecule has 2 heterocycles. The van der Waals surface area contributed by atoms with Gasteiger partial charge in [0.2, 0.25) is 0 Å². The first-order valence-corrected chi connectivity index (χ1v) is 16.0. The normalized spacial score (nSPS) is 13.8. The van der Waals surface area contributed by atoms with Crippen LogP contribution < -0.4 is 9.21 Å². The van der Waals surface area contributed by atoms with Gasteiger partial charge >= 0.3 is 5.97 Å². The molecule has 11 heteroatoms. The smallest absolute Gasteiger partial charge is 0.310 e. The van der Waals surface area contributed by atoms with E-state index in [-0.39, 0.29) is 12.2 Å². The monoisotopic (exact) mass is 625 g/mol. The predicted molar refractivity (Wildman–Crippen MR) is 171 cm³/mol. The minimum Gasteiger partial charge on any atom is -0.481 e. The highest BCUT2D eigenvalue weighted by Gasteiger charge is 2.34. The molecule has 1 aliphatic rings. The van der Waals surface area contributed by atoms with Crippen molar-refractivity contribution in [1.29, 1.82) is 0 Å². The summed E-state index contributed by atoms with van der Waals surface area (Å²) in [4.78, 5) is 24.7. The largest absolute Gasteiger partial charge is 0.481 e. The van der Waals surface area contributed by atoms with Crippen LogP contribution in [0.3, 0.4) is 0 Å². The Morgan fingerprint density at radius 1 is 1.04 bits per heavy atom. The molecule has 5 aromatic rings. The molecule has 1 aromatic heterocycles. The molecular weight excluding hydrogens is 594 g/mol. The number of nitro benzene ring substituents is 1. The summed E-state index contributed by atoms with van der Waals surface area (Å²) in [5, 5.41) is 22.0. The van der Waals surface area contributed by atoms with Gasteiger partial charge in [-0.3, -0.25) is 19.2 Å². The Bertz CT molecular complexity index is 2010. The summed E-state index contributed by atoms with van der Waals surface area (Å²) < 4.78 is 35.8. The summed E-state index contributed by atoms with van der Waals surface area (Å²) in [6.07, 6.45) is 3.16.